The Labute approximate surface area is 123 Å². The molecular weight excluding hydrogens is 272 g/mol. The number of benzene rings is 1. The number of carboxylic acid groups (broad SMARTS) is 1. The van der Waals surface area contributed by atoms with Gasteiger partial charge in [-0.05, 0) is 25.3 Å². The molecule has 0 aliphatic carbocycles. The lowest BCUT2D eigenvalue weighted by atomic mass is 10.1. The molecule has 2 unspecified atom stereocenters. The first-order chi connectivity index (χ1) is 10.1. The van der Waals surface area contributed by atoms with Gasteiger partial charge in [0.15, 0.2) is 6.23 Å². The van der Waals surface area contributed by atoms with Crippen LogP contribution in [0.1, 0.15) is 37.8 Å². The average Bonchev–Trinajstić information content (AvgIpc) is 2.48. The molecule has 6 nitrogen and oxygen atoms in total. The number of nitrogens with one attached hydrogen (secondary N) is 1. The SMILES string of the molecule is CC(NC(=O)OC1CCCCN1C(=O)O)c1ccccc1. The average molecular weight is 292 g/mol. The summed E-state index contributed by atoms with van der Waals surface area (Å²) in [6, 6.07) is 9.32. The number of alkyl carbamates (subject to hydrolysis) is 1. The van der Waals surface area contributed by atoms with E-state index >= 15 is 0 Å². The summed E-state index contributed by atoms with van der Waals surface area (Å²) in [4.78, 5) is 24.2. The van der Waals surface area contributed by atoms with E-state index in [0.29, 0.717) is 13.0 Å². The zero-order valence-corrected chi connectivity index (χ0v) is 12.0. The van der Waals surface area contributed by atoms with E-state index < -0.39 is 18.4 Å². The maximum absolute atomic E-state index is 11.9. The molecule has 21 heavy (non-hydrogen) atoms. The van der Waals surface area contributed by atoms with Gasteiger partial charge < -0.3 is 15.2 Å². The first-order valence-electron chi connectivity index (χ1n) is 7.09. The van der Waals surface area contributed by atoms with Crippen LogP contribution in [0.4, 0.5) is 9.59 Å². The van der Waals surface area contributed by atoms with E-state index in [1.807, 2.05) is 37.3 Å². The Morgan fingerprint density at radius 1 is 1.33 bits per heavy atom. The van der Waals surface area contributed by atoms with Gasteiger partial charge in [0.25, 0.3) is 0 Å². The molecule has 1 aliphatic heterocycles. The van der Waals surface area contributed by atoms with Gasteiger partial charge in [-0.25, -0.2) is 9.59 Å². The van der Waals surface area contributed by atoms with Crippen LogP contribution < -0.4 is 5.32 Å². The molecule has 1 heterocycles. The minimum atomic E-state index is -1.05. The van der Waals surface area contributed by atoms with Crippen molar-refractivity contribution in [2.75, 3.05) is 6.54 Å². The number of hydrogen-bond acceptors (Lipinski definition) is 3. The first-order valence-corrected chi connectivity index (χ1v) is 7.09. The third-order valence-electron chi connectivity index (χ3n) is 3.57. The highest BCUT2D eigenvalue weighted by atomic mass is 16.6. The van der Waals surface area contributed by atoms with Gasteiger partial charge in [-0.2, -0.15) is 0 Å². The number of hydrogen-bond donors (Lipinski definition) is 2. The van der Waals surface area contributed by atoms with E-state index in [-0.39, 0.29) is 6.04 Å². The van der Waals surface area contributed by atoms with Gasteiger partial charge in [0.2, 0.25) is 0 Å². The molecule has 1 saturated heterocycles. The Balaban J connectivity index is 1.90. The standard InChI is InChI=1S/C15H20N2O4/c1-11(12-7-3-2-4-8-12)16-14(18)21-13-9-5-6-10-17(13)15(19)20/h2-4,7-8,11,13H,5-6,9-10H2,1H3,(H,16,18)(H,19,20). The number of ether oxygens (including phenoxy) is 1. The molecule has 0 saturated carbocycles. The summed E-state index contributed by atoms with van der Waals surface area (Å²) >= 11 is 0. The van der Waals surface area contributed by atoms with Crippen molar-refractivity contribution in [3.05, 3.63) is 35.9 Å². The number of likely N-dealkylation sites (tertiary alicyclic amines) is 1. The largest absolute Gasteiger partial charge is 0.465 e. The van der Waals surface area contributed by atoms with Gasteiger partial charge in [0.1, 0.15) is 0 Å². The molecule has 6 heteroatoms. The number of amides is 2. The zero-order chi connectivity index (χ0) is 15.2. The second-order valence-electron chi connectivity index (χ2n) is 5.11. The van der Waals surface area contributed by atoms with Gasteiger partial charge in [-0.1, -0.05) is 30.3 Å². The van der Waals surface area contributed by atoms with Gasteiger partial charge in [0, 0.05) is 13.0 Å². The predicted molar refractivity (Wildman–Crippen MR) is 76.8 cm³/mol. The van der Waals surface area contributed by atoms with E-state index in [4.69, 9.17) is 9.84 Å². The van der Waals surface area contributed by atoms with Crippen molar-refractivity contribution < 1.29 is 19.4 Å². The van der Waals surface area contributed by atoms with Gasteiger partial charge in [-0.3, -0.25) is 4.90 Å². The van der Waals surface area contributed by atoms with Gasteiger partial charge in [0.05, 0.1) is 6.04 Å². The van der Waals surface area contributed by atoms with Gasteiger partial charge in [-0.15, -0.1) is 0 Å². The molecular formula is C15H20N2O4. The second kappa shape index (κ2) is 6.97. The monoisotopic (exact) mass is 292 g/mol. The molecule has 0 spiro atoms. The highest BCUT2D eigenvalue weighted by Gasteiger charge is 2.29. The summed E-state index contributed by atoms with van der Waals surface area (Å²) in [6.07, 6.45) is -0.142. The quantitative estimate of drug-likeness (QED) is 0.897. The molecule has 1 aromatic carbocycles. The van der Waals surface area contributed by atoms with E-state index in [2.05, 4.69) is 5.32 Å². The number of carbonyl (C=O) groups excluding carboxylic acids is 1. The molecule has 1 fully saturated rings. The van der Waals surface area contributed by atoms with Crippen molar-refractivity contribution >= 4 is 12.2 Å². The van der Waals surface area contributed by atoms with Crippen molar-refractivity contribution in [2.45, 2.75) is 38.5 Å². The van der Waals surface area contributed by atoms with Crippen LogP contribution in [0.3, 0.4) is 0 Å². The molecule has 1 aromatic rings. The molecule has 2 N–H and O–H groups in total. The Morgan fingerprint density at radius 3 is 2.71 bits per heavy atom. The van der Waals surface area contributed by atoms with Crippen molar-refractivity contribution in [1.82, 2.24) is 10.2 Å². The summed E-state index contributed by atoms with van der Waals surface area (Å²) in [5, 5.41) is 11.8. The van der Waals surface area contributed by atoms with Gasteiger partial charge >= 0.3 is 12.2 Å². The van der Waals surface area contributed by atoms with E-state index in [9.17, 15) is 9.59 Å². The minimum Gasteiger partial charge on any atom is -0.465 e. The summed E-state index contributed by atoms with van der Waals surface area (Å²) in [7, 11) is 0. The molecule has 2 amide bonds. The smallest absolute Gasteiger partial charge is 0.410 e. The number of piperidine rings is 1. The topological polar surface area (TPSA) is 78.9 Å². The molecule has 0 radical (unpaired) electrons. The fourth-order valence-electron chi connectivity index (χ4n) is 2.40. The zero-order valence-electron chi connectivity index (χ0n) is 12.0. The summed E-state index contributed by atoms with van der Waals surface area (Å²) in [5.74, 6) is 0. The second-order valence-corrected chi connectivity index (χ2v) is 5.11. The lowest BCUT2D eigenvalue weighted by molar-refractivity contribution is -0.0252. The third kappa shape index (κ3) is 4.11. The third-order valence-corrected chi connectivity index (χ3v) is 3.57. The van der Waals surface area contributed by atoms with E-state index in [0.717, 1.165) is 18.4 Å². The Hall–Kier alpha value is -2.24. The Bertz CT molecular complexity index is 492. The van der Waals surface area contributed by atoms with Crippen LogP contribution in [-0.4, -0.2) is 35.0 Å². The van der Waals surface area contributed by atoms with Crippen LogP contribution in [0.15, 0.2) is 30.3 Å². The number of carbonyl (C=O) groups is 2. The maximum atomic E-state index is 11.9. The number of rotatable bonds is 3. The normalized spacial score (nSPS) is 19.7. The molecule has 2 rings (SSSR count). The molecule has 0 bridgehead atoms. The van der Waals surface area contributed by atoms with Crippen LogP contribution in [0.25, 0.3) is 0 Å². The molecule has 0 aromatic heterocycles. The highest BCUT2D eigenvalue weighted by molar-refractivity contribution is 5.69. The fraction of sp³-hybridized carbons (Fsp3) is 0.467. The highest BCUT2D eigenvalue weighted by Crippen LogP contribution is 2.19. The van der Waals surface area contributed by atoms with Crippen LogP contribution in [0, 0.1) is 0 Å². The summed E-state index contributed by atoms with van der Waals surface area (Å²) < 4.78 is 5.25. The summed E-state index contributed by atoms with van der Waals surface area (Å²) in [5.41, 5.74) is 0.966. The van der Waals surface area contributed by atoms with Crippen LogP contribution in [0.5, 0.6) is 0 Å². The first kappa shape index (κ1) is 15.2. The van der Waals surface area contributed by atoms with Crippen LogP contribution >= 0.6 is 0 Å². The maximum Gasteiger partial charge on any atom is 0.410 e. The number of nitrogens with zero attached hydrogens (tertiary/aromatic N) is 1. The van der Waals surface area contributed by atoms with E-state index in [1.54, 1.807) is 0 Å². The lowest BCUT2D eigenvalue weighted by Gasteiger charge is -2.32. The summed E-state index contributed by atoms with van der Waals surface area (Å²) in [6.45, 7) is 2.26. The van der Waals surface area contributed by atoms with Crippen molar-refractivity contribution in [3.8, 4) is 0 Å². The van der Waals surface area contributed by atoms with Crippen molar-refractivity contribution in [2.24, 2.45) is 0 Å². The van der Waals surface area contributed by atoms with Crippen LogP contribution in [0.2, 0.25) is 0 Å². The van der Waals surface area contributed by atoms with Crippen molar-refractivity contribution in [1.29, 1.82) is 0 Å². The predicted octanol–water partition coefficient (Wildman–Crippen LogP) is 2.96. The van der Waals surface area contributed by atoms with Crippen LogP contribution in [-0.2, 0) is 4.74 Å². The molecule has 2 atom stereocenters. The van der Waals surface area contributed by atoms with E-state index in [1.165, 1.54) is 4.90 Å². The fourth-order valence-corrected chi connectivity index (χ4v) is 2.40. The lowest BCUT2D eigenvalue weighted by Crippen LogP contribution is -2.47. The van der Waals surface area contributed by atoms with Crippen molar-refractivity contribution in [3.63, 3.8) is 0 Å². The molecule has 1 aliphatic rings. The minimum absolute atomic E-state index is 0.194. The molecule has 114 valence electrons. The Morgan fingerprint density at radius 2 is 2.05 bits per heavy atom. The Kier molecular flexibility index (Phi) is 5.03.